The maximum Gasteiger partial charge on any atom is 0.0992 e. The third-order valence-corrected chi connectivity index (χ3v) is 3.86. The zero-order chi connectivity index (χ0) is 12.8. The Hall–Kier alpha value is -1.32. The summed E-state index contributed by atoms with van der Waals surface area (Å²) in [5, 5.41) is 4.27. The Balaban J connectivity index is 2.01. The fourth-order valence-corrected chi connectivity index (χ4v) is 2.71. The Morgan fingerprint density at radius 3 is 2.61 bits per heavy atom. The van der Waals surface area contributed by atoms with Crippen LogP contribution in [0.15, 0.2) is 47.6 Å². The van der Waals surface area contributed by atoms with Crippen LogP contribution in [0.4, 0.5) is 0 Å². The van der Waals surface area contributed by atoms with Crippen LogP contribution < -0.4 is 5.32 Å². The van der Waals surface area contributed by atoms with E-state index in [4.69, 9.17) is 0 Å². The van der Waals surface area contributed by atoms with Crippen LogP contribution in [0.3, 0.4) is 0 Å². The minimum atomic E-state index is 0.872. The van der Waals surface area contributed by atoms with Crippen LogP contribution in [-0.4, -0.2) is 12.0 Å². The van der Waals surface area contributed by atoms with Crippen molar-refractivity contribution in [2.75, 3.05) is 7.05 Å². The lowest BCUT2D eigenvalue weighted by atomic mass is 10.2. The molecule has 0 atom stereocenters. The molecule has 2 aromatic rings. The molecular formula is C15H18N2S. The van der Waals surface area contributed by atoms with Crippen LogP contribution in [-0.2, 0) is 12.3 Å². The van der Waals surface area contributed by atoms with Crippen molar-refractivity contribution < 1.29 is 0 Å². The van der Waals surface area contributed by atoms with Crippen LogP contribution in [0.5, 0.6) is 0 Å². The summed E-state index contributed by atoms with van der Waals surface area (Å²) in [7, 11) is 1.95. The van der Waals surface area contributed by atoms with Crippen LogP contribution in [0.25, 0.3) is 0 Å². The minimum Gasteiger partial charge on any atom is -0.316 e. The molecule has 1 N–H and O–H groups in total. The summed E-state index contributed by atoms with van der Waals surface area (Å²) in [6, 6.07) is 12.7. The summed E-state index contributed by atoms with van der Waals surface area (Å²) in [6.07, 6.45) is 1.96. The molecule has 0 bridgehead atoms. The van der Waals surface area contributed by atoms with Crippen molar-refractivity contribution in [2.24, 2.45) is 0 Å². The third-order valence-electron chi connectivity index (χ3n) is 2.69. The highest BCUT2D eigenvalue weighted by atomic mass is 32.2. The van der Waals surface area contributed by atoms with Gasteiger partial charge in [-0.15, -0.1) is 11.8 Å². The fraction of sp³-hybridized carbons (Fsp3) is 0.267. The van der Waals surface area contributed by atoms with E-state index in [9.17, 15) is 0 Å². The second-order valence-electron chi connectivity index (χ2n) is 4.27. The molecule has 18 heavy (non-hydrogen) atoms. The summed E-state index contributed by atoms with van der Waals surface area (Å²) < 4.78 is 0. The van der Waals surface area contributed by atoms with E-state index in [0.717, 1.165) is 17.3 Å². The number of nitrogens with zero attached hydrogens (tertiary/aromatic N) is 1. The zero-order valence-corrected chi connectivity index (χ0v) is 11.6. The molecule has 0 amide bonds. The Bertz CT molecular complexity index is 497. The maximum atomic E-state index is 4.53. The number of hydrogen-bond acceptors (Lipinski definition) is 3. The van der Waals surface area contributed by atoms with Crippen molar-refractivity contribution in [3.05, 3.63) is 59.3 Å². The molecular weight excluding hydrogens is 240 g/mol. The lowest BCUT2D eigenvalue weighted by Gasteiger charge is -2.07. The lowest BCUT2D eigenvalue weighted by molar-refractivity contribution is 0.806. The Morgan fingerprint density at radius 1 is 1.17 bits per heavy atom. The summed E-state index contributed by atoms with van der Waals surface area (Å²) >= 11 is 1.80. The van der Waals surface area contributed by atoms with Gasteiger partial charge >= 0.3 is 0 Å². The summed E-state index contributed by atoms with van der Waals surface area (Å²) in [4.78, 5) is 4.53. The number of hydrogen-bond donors (Lipinski definition) is 1. The molecule has 2 nitrogen and oxygen atoms in total. The van der Waals surface area contributed by atoms with Gasteiger partial charge in [0.15, 0.2) is 0 Å². The predicted octanol–water partition coefficient (Wildman–Crippen LogP) is 3.40. The largest absolute Gasteiger partial charge is 0.316 e. The molecule has 0 saturated heterocycles. The average Bonchev–Trinajstić information content (AvgIpc) is 2.39. The van der Waals surface area contributed by atoms with Gasteiger partial charge in [-0.05, 0) is 30.7 Å². The molecule has 0 radical (unpaired) electrons. The normalized spacial score (nSPS) is 10.6. The van der Waals surface area contributed by atoms with E-state index in [1.165, 1.54) is 16.7 Å². The van der Waals surface area contributed by atoms with Gasteiger partial charge in [-0.1, -0.05) is 36.4 Å². The first kappa shape index (κ1) is 13.1. The van der Waals surface area contributed by atoms with Gasteiger partial charge in [0.1, 0.15) is 0 Å². The van der Waals surface area contributed by atoms with Gasteiger partial charge in [0.2, 0.25) is 0 Å². The highest BCUT2D eigenvalue weighted by molar-refractivity contribution is 7.98. The van der Waals surface area contributed by atoms with E-state index in [1.807, 2.05) is 19.3 Å². The van der Waals surface area contributed by atoms with Crippen molar-refractivity contribution in [1.29, 1.82) is 0 Å². The quantitative estimate of drug-likeness (QED) is 0.832. The standard InChI is InChI=1S/C15H18N2S/c1-12-8-14(9-16-2)10-17-15(12)18-11-13-6-4-3-5-7-13/h3-8,10,16H,9,11H2,1-2H3. The molecule has 0 saturated carbocycles. The molecule has 3 heteroatoms. The molecule has 1 aromatic heterocycles. The van der Waals surface area contributed by atoms with E-state index < -0.39 is 0 Å². The number of benzene rings is 1. The summed E-state index contributed by atoms with van der Waals surface area (Å²) in [5.41, 5.74) is 3.82. The summed E-state index contributed by atoms with van der Waals surface area (Å²) in [6.45, 7) is 3.00. The summed E-state index contributed by atoms with van der Waals surface area (Å²) in [5.74, 6) is 0.972. The first-order valence-corrected chi connectivity index (χ1v) is 7.05. The first-order valence-electron chi connectivity index (χ1n) is 6.06. The van der Waals surface area contributed by atoms with E-state index in [1.54, 1.807) is 11.8 Å². The number of aromatic nitrogens is 1. The topological polar surface area (TPSA) is 24.9 Å². The highest BCUT2D eigenvalue weighted by Gasteiger charge is 2.03. The number of nitrogens with one attached hydrogen (secondary N) is 1. The van der Waals surface area contributed by atoms with Crippen LogP contribution in [0, 0.1) is 6.92 Å². The molecule has 0 spiro atoms. The van der Waals surface area contributed by atoms with Crippen molar-refractivity contribution in [1.82, 2.24) is 10.3 Å². The first-order chi connectivity index (χ1) is 8.79. The number of pyridine rings is 1. The average molecular weight is 258 g/mol. The molecule has 2 rings (SSSR count). The smallest absolute Gasteiger partial charge is 0.0992 e. The van der Waals surface area contributed by atoms with Gasteiger partial charge in [0, 0.05) is 18.5 Å². The van der Waals surface area contributed by atoms with Crippen molar-refractivity contribution >= 4 is 11.8 Å². The fourth-order valence-electron chi connectivity index (χ4n) is 1.80. The molecule has 0 aliphatic carbocycles. The second-order valence-corrected chi connectivity index (χ2v) is 5.23. The number of thioether (sulfide) groups is 1. The number of rotatable bonds is 5. The van der Waals surface area contributed by atoms with E-state index in [2.05, 4.69) is 47.6 Å². The Morgan fingerprint density at radius 2 is 1.94 bits per heavy atom. The molecule has 0 aliphatic rings. The Labute approximate surface area is 113 Å². The van der Waals surface area contributed by atoms with Gasteiger partial charge in [-0.3, -0.25) is 0 Å². The van der Waals surface area contributed by atoms with Crippen LogP contribution in [0.2, 0.25) is 0 Å². The van der Waals surface area contributed by atoms with Gasteiger partial charge < -0.3 is 5.32 Å². The minimum absolute atomic E-state index is 0.872. The van der Waals surface area contributed by atoms with Crippen LogP contribution in [0.1, 0.15) is 16.7 Å². The number of aryl methyl sites for hydroxylation is 1. The lowest BCUT2D eigenvalue weighted by Crippen LogP contribution is -2.05. The molecule has 1 aromatic carbocycles. The van der Waals surface area contributed by atoms with Gasteiger partial charge in [-0.2, -0.15) is 0 Å². The molecule has 0 aliphatic heterocycles. The highest BCUT2D eigenvalue weighted by Crippen LogP contribution is 2.24. The maximum absolute atomic E-state index is 4.53. The molecule has 94 valence electrons. The molecule has 0 unspecified atom stereocenters. The SMILES string of the molecule is CNCc1cnc(SCc2ccccc2)c(C)c1. The predicted molar refractivity (Wildman–Crippen MR) is 77.7 cm³/mol. The van der Waals surface area contributed by atoms with Gasteiger partial charge in [0.25, 0.3) is 0 Å². The van der Waals surface area contributed by atoms with E-state index in [0.29, 0.717) is 0 Å². The molecule has 1 heterocycles. The Kier molecular flexibility index (Phi) is 4.79. The van der Waals surface area contributed by atoms with Crippen molar-refractivity contribution in [3.8, 4) is 0 Å². The van der Waals surface area contributed by atoms with Crippen molar-refractivity contribution in [3.63, 3.8) is 0 Å². The van der Waals surface area contributed by atoms with Gasteiger partial charge in [0.05, 0.1) is 5.03 Å². The zero-order valence-electron chi connectivity index (χ0n) is 10.8. The van der Waals surface area contributed by atoms with E-state index >= 15 is 0 Å². The van der Waals surface area contributed by atoms with E-state index in [-0.39, 0.29) is 0 Å². The second kappa shape index (κ2) is 6.57. The van der Waals surface area contributed by atoms with Crippen LogP contribution >= 0.6 is 11.8 Å². The van der Waals surface area contributed by atoms with Crippen molar-refractivity contribution in [2.45, 2.75) is 24.2 Å². The monoisotopic (exact) mass is 258 g/mol. The third kappa shape index (κ3) is 3.59. The molecule has 0 fully saturated rings. The van der Waals surface area contributed by atoms with Gasteiger partial charge in [-0.25, -0.2) is 4.98 Å².